The van der Waals surface area contributed by atoms with E-state index in [9.17, 15) is 4.79 Å². The van der Waals surface area contributed by atoms with Crippen LogP contribution in [0.4, 0.5) is 5.69 Å². The van der Waals surface area contributed by atoms with Crippen LogP contribution in [-0.4, -0.2) is 41.0 Å². The number of nitrogens with one attached hydrogen (secondary N) is 3. The molecule has 0 unspecified atom stereocenters. The van der Waals surface area contributed by atoms with E-state index in [2.05, 4.69) is 35.5 Å². The third kappa shape index (κ3) is 4.68. The molecule has 0 radical (unpaired) electrons. The van der Waals surface area contributed by atoms with Crippen LogP contribution in [-0.2, 0) is 4.79 Å². The fourth-order valence-electron chi connectivity index (χ4n) is 4.04. The average Bonchev–Trinajstić information content (AvgIpc) is 3.69. The van der Waals surface area contributed by atoms with E-state index in [1.165, 1.54) is 0 Å². The Morgan fingerprint density at radius 2 is 1.86 bits per heavy atom. The highest BCUT2D eigenvalue weighted by Crippen LogP contribution is 2.32. The maximum absolute atomic E-state index is 12.0. The highest BCUT2D eigenvalue weighted by molar-refractivity contribution is 5.97. The van der Waals surface area contributed by atoms with Crippen molar-refractivity contribution < 1.29 is 9.21 Å². The lowest BCUT2D eigenvalue weighted by molar-refractivity contribution is -0.116. The Labute approximate surface area is 212 Å². The van der Waals surface area contributed by atoms with E-state index in [0.29, 0.717) is 29.3 Å². The third-order valence-corrected chi connectivity index (χ3v) is 5.71. The van der Waals surface area contributed by atoms with E-state index in [-0.39, 0.29) is 5.91 Å². The Kier molecular flexibility index (Phi) is 6.71. The van der Waals surface area contributed by atoms with Crippen LogP contribution in [0.3, 0.4) is 0 Å². The number of aromatic nitrogens is 7. The van der Waals surface area contributed by atoms with Crippen molar-refractivity contribution in [2.24, 2.45) is 0 Å². The quantitative estimate of drug-likeness (QED) is 0.259. The van der Waals surface area contributed by atoms with Gasteiger partial charge in [0.05, 0.1) is 41.5 Å². The van der Waals surface area contributed by atoms with Gasteiger partial charge in [-0.05, 0) is 24.6 Å². The number of rotatable bonds is 6. The van der Waals surface area contributed by atoms with Crippen molar-refractivity contribution in [1.82, 2.24) is 35.1 Å². The van der Waals surface area contributed by atoms with Gasteiger partial charge in [-0.25, -0.2) is 9.97 Å². The summed E-state index contributed by atoms with van der Waals surface area (Å²) in [5.74, 6) is 0.587. The molecule has 1 amide bonds. The van der Waals surface area contributed by atoms with Crippen LogP contribution in [0, 0.1) is 0 Å². The summed E-state index contributed by atoms with van der Waals surface area (Å²) in [5, 5.41) is 11.1. The molecule has 186 valence electrons. The van der Waals surface area contributed by atoms with Gasteiger partial charge in [-0.2, -0.15) is 5.10 Å². The summed E-state index contributed by atoms with van der Waals surface area (Å²) in [4.78, 5) is 33.3. The predicted octanol–water partition coefficient (Wildman–Crippen LogP) is 5.98. The molecule has 0 aliphatic rings. The number of anilines is 1. The lowest BCUT2D eigenvalue weighted by Crippen LogP contribution is -2.10. The van der Waals surface area contributed by atoms with Crippen molar-refractivity contribution in [3.63, 3.8) is 0 Å². The van der Waals surface area contributed by atoms with Crippen LogP contribution >= 0.6 is 0 Å². The number of nitrogens with zero attached hydrogens (tertiary/aromatic N) is 5. The molecule has 10 heteroatoms. The Balaban J connectivity index is 0.00000137. The number of H-pyrrole nitrogens is 2. The topological polar surface area (TPSA) is 138 Å². The number of aromatic amines is 2. The molecule has 0 spiro atoms. The minimum Gasteiger partial charge on any atom is -0.472 e. The number of imidazole rings is 1. The van der Waals surface area contributed by atoms with Crippen molar-refractivity contribution >= 4 is 33.7 Å². The molecule has 3 N–H and O–H groups in total. The summed E-state index contributed by atoms with van der Waals surface area (Å²) in [6.07, 6.45) is 13.1. The Hall–Kier alpha value is -4.86. The number of fused-ring (bicyclic) bond motifs is 2. The van der Waals surface area contributed by atoms with Crippen molar-refractivity contribution in [1.29, 1.82) is 0 Å². The van der Waals surface area contributed by atoms with Crippen LogP contribution in [0.15, 0.2) is 66.1 Å². The zero-order valence-corrected chi connectivity index (χ0v) is 20.7. The monoisotopic (exact) mass is 494 g/mol. The van der Waals surface area contributed by atoms with Gasteiger partial charge in [0.25, 0.3) is 0 Å². The molecule has 6 aromatic rings. The fourth-order valence-corrected chi connectivity index (χ4v) is 4.04. The minimum atomic E-state index is -0.0358. The molecule has 0 aliphatic heterocycles. The van der Waals surface area contributed by atoms with Crippen molar-refractivity contribution in [3.05, 3.63) is 61.7 Å². The second kappa shape index (κ2) is 10.4. The summed E-state index contributed by atoms with van der Waals surface area (Å²) in [6, 6.07) is 5.74. The molecular formula is C27H26N8O2. The average molecular weight is 495 g/mol. The molecule has 10 nitrogen and oxygen atoms in total. The summed E-state index contributed by atoms with van der Waals surface area (Å²) in [7, 11) is 0. The Bertz CT molecular complexity index is 1670. The lowest BCUT2D eigenvalue weighted by atomic mass is 10.1. The van der Waals surface area contributed by atoms with Crippen LogP contribution in [0.2, 0.25) is 0 Å². The number of carbonyl (C=O) groups is 1. The lowest BCUT2D eigenvalue weighted by Gasteiger charge is -2.07. The van der Waals surface area contributed by atoms with Crippen LogP contribution < -0.4 is 5.32 Å². The summed E-state index contributed by atoms with van der Waals surface area (Å²) >= 11 is 0. The highest BCUT2D eigenvalue weighted by Gasteiger charge is 2.17. The standard InChI is InChI=1S/C25H20N8O2.C2H6/c1-2-3-21(34)29-17-6-15(8-26-10-17)16-7-18-23(32-33-24(18)28-9-16)25-30-20-12-27-11-19(22(20)31-25)14-4-5-35-13-14;1-2/h4-13H,2-3H2,1H3,(H,29,34)(H,30,31)(H,28,32,33);1-2H3. The fraction of sp³-hybridized carbons (Fsp3) is 0.185. The molecule has 0 aliphatic carbocycles. The first kappa shape index (κ1) is 23.9. The van der Waals surface area contributed by atoms with Gasteiger partial charge in [0.1, 0.15) is 11.2 Å². The number of pyridine rings is 3. The molecule has 0 fully saturated rings. The second-order valence-electron chi connectivity index (χ2n) is 8.13. The van der Waals surface area contributed by atoms with Gasteiger partial charge in [0.2, 0.25) is 5.91 Å². The van der Waals surface area contributed by atoms with Gasteiger partial charge >= 0.3 is 0 Å². The molecule has 0 saturated carbocycles. The van der Waals surface area contributed by atoms with Gasteiger partial charge < -0.3 is 14.7 Å². The van der Waals surface area contributed by atoms with Gasteiger partial charge in [0, 0.05) is 47.3 Å². The van der Waals surface area contributed by atoms with Gasteiger partial charge in [0.15, 0.2) is 11.5 Å². The molecule has 6 heterocycles. The number of hydrogen-bond donors (Lipinski definition) is 3. The number of amides is 1. The van der Waals surface area contributed by atoms with E-state index in [1.54, 1.807) is 43.5 Å². The maximum atomic E-state index is 12.0. The van der Waals surface area contributed by atoms with Crippen molar-refractivity contribution in [2.45, 2.75) is 33.6 Å². The summed E-state index contributed by atoms with van der Waals surface area (Å²) < 4.78 is 5.23. The van der Waals surface area contributed by atoms with E-state index < -0.39 is 0 Å². The molecule has 0 saturated heterocycles. The largest absolute Gasteiger partial charge is 0.472 e. The van der Waals surface area contributed by atoms with Gasteiger partial charge in [-0.15, -0.1) is 0 Å². The zero-order chi connectivity index (χ0) is 25.8. The van der Waals surface area contributed by atoms with Crippen LogP contribution in [0.25, 0.3) is 55.8 Å². The summed E-state index contributed by atoms with van der Waals surface area (Å²) in [5.41, 5.74) is 6.94. The number of furan rings is 1. The smallest absolute Gasteiger partial charge is 0.224 e. The van der Waals surface area contributed by atoms with E-state index in [1.807, 2.05) is 39.0 Å². The summed E-state index contributed by atoms with van der Waals surface area (Å²) in [6.45, 7) is 5.97. The molecule has 0 bridgehead atoms. The van der Waals surface area contributed by atoms with E-state index in [4.69, 9.17) is 9.40 Å². The maximum Gasteiger partial charge on any atom is 0.224 e. The zero-order valence-electron chi connectivity index (χ0n) is 20.7. The third-order valence-electron chi connectivity index (χ3n) is 5.71. The number of hydrogen-bond acceptors (Lipinski definition) is 7. The molecule has 6 aromatic heterocycles. The molecule has 0 aromatic carbocycles. The number of carbonyl (C=O) groups excluding carboxylic acids is 1. The first-order valence-corrected chi connectivity index (χ1v) is 12.2. The van der Waals surface area contributed by atoms with Crippen LogP contribution in [0.5, 0.6) is 0 Å². The predicted molar refractivity (Wildman–Crippen MR) is 143 cm³/mol. The van der Waals surface area contributed by atoms with Crippen LogP contribution in [0.1, 0.15) is 33.6 Å². The van der Waals surface area contributed by atoms with Gasteiger partial charge in [-0.3, -0.25) is 19.9 Å². The highest BCUT2D eigenvalue weighted by atomic mass is 16.3. The Morgan fingerprint density at radius 1 is 1.03 bits per heavy atom. The SMILES string of the molecule is CC.CCCC(=O)Nc1cncc(-c2cnc3n[nH]c(-c4nc5c(-c6ccoc6)cncc5[nH]4)c3c2)c1. The Morgan fingerprint density at radius 3 is 2.68 bits per heavy atom. The first-order valence-electron chi connectivity index (χ1n) is 12.2. The van der Waals surface area contributed by atoms with E-state index in [0.717, 1.165) is 45.1 Å². The first-order chi connectivity index (χ1) is 18.2. The molecule has 37 heavy (non-hydrogen) atoms. The van der Waals surface area contributed by atoms with E-state index >= 15 is 0 Å². The molecule has 6 rings (SSSR count). The normalized spacial score (nSPS) is 10.9. The van der Waals surface area contributed by atoms with Gasteiger partial charge in [-0.1, -0.05) is 20.8 Å². The second-order valence-corrected chi connectivity index (χ2v) is 8.13. The minimum absolute atomic E-state index is 0.0358. The molecular weight excluding hydrogens is 468 g/mol. The molecule has 0 atom stereocenters. The van der Waals surface area contributed by atoms with Crippen molar-refractivity contribution in [3.8, 4) is 33.8 Å². The van der Waals surface area contributed by atoms with Crippen molar-refractivity contribution in [2.75, 3.05) is 5.32 Å².